The first-order valence-electron chi connectivity index (χ1n) is 4.73. The molecular formula is C11H13BrN2. The van der Waals surface area contributed by atoms with Gasteiger partial charge in [0.25, 0.3) is 0 Å². The second-order valence-electron chi connectivity index (χ2n) is 3.76. The van der Waals surface area contributed by atoms with Gasteiger partial charge in [-0.05, 0) is 39.0 Å². The zero-order chi connectivity index (χ0) is 10.3. The lowest BCUT2D eigenvalue weighted by Crippen LogP contribution is -2.02. The lowest BCUT2D eigenvalue weighted by Gasteiger charge is -2.10. The predicted molar refractivity (Wildman–Crippen MR) is 62.6 cm³/mol. The van der Waals surface area contributed by atoms with Crippen LogP contribution in [0.15, 0.2) is 22.7 Å². The number of fused-ring (bicyclic) bond motifs is 1. The van der Waals surface area contributed by atoms with E-state index in [1.54, 1.807) is 0 Å². The fourth-order valence-corrected chi connectivity index (χ4v) is 2.19. The van der Waals surface area contributed by atoms with Gasteiger partial charge < -0.3 is 4.57 Å². The Kier molecular flexibility index (Phi) is 2.35. The lowest BCUT2D eigenvalue weighted by atomic mass is 10.3. The molecule has 0 amide bonds. The molecule has 74 valence electrons. The van der Waals surface area contributed by atoms with Crippen LogP contribution in [0.1, 0.15) is 25.7 Å². The van der Waals surface area contributed by atoms with Crippen molar-refractivity contribution in [1.82, 2.24) is 9.55 Å². The number of rotatable bonds is 1. The van der Waals surface area contributed by atoms with Crippen LogP contribution in [-0.4, -0.2) is 9.55 Å². The van der Waals surface area contributed by atoms with Crippen molar-refractivity contribution in [3.63, 3.8) is 0 Å². The van der Waals surface area contributed by atoms with Crippen molar-refractivity contribution in [2.24, 2.45) is 0 Å². The van der Waals surface area contributed by atoms with Gasteiger partial charge in [0.05, 0.1) is 11.0 Å². The second-order valence-corrected chi connectivity index (χ2v) is 4.67. The van der Waals surface area contributed by atoms with Crippen LogP contribution >= 0.6 is 15.9 Å². The normalized spacial score (nSPS) is 11.5. The van der Waals surface area contributed by atoms with Gasteiger partial charge in [-0.25, -0.2) is 4.98 Å². The molecule has 0 fully saturated rings. The molecular weight excluding hydrogens is 240 g/mol. The van der Waals surface area contributed by atoms with Crippen molar-refractivity contribution in [2.45, 2.75) is 26.8 Å². The molecule has 3 heteroatoms. The second kappa shape index (κ2) is 3.39. The molecule has 0 N–H and O–H groups in total. The number of nitrogens with zero attached hydrogens (tertiary/aromatic N) is 2. The summed E-state index contributed by atoms with van der Waals surface area (Å²) in [5.41, 5.74) is 2.27. The molecule has 0 spiro atoms. The van der Waals surface area contributed by atoms with Crippen molar-refractivity contribution in [1.29, 1.82) is 0 Å². The van der Waals surface area contributed by atoms with Gasteiger partial charge in [0.2, 0.25) is 0 Å². The Morgan fingerprint density at radius 1 is 1.36 bits per heavy atom. The zero-order valence-electron chi connectivity index (χ0n) is 8.58. The SMILES string of the molecule is Cc1nc2cc(Br)ccc2n1C(C)C. The predicted octanol–water partition coefficient (Wildman–Crippen LogP) is 3.69. The minimum absolute atomic E-state index is 0.459. The van der Waals surface area contributed by atoms with Crippen LogP contribution in [0.25, 0.3) is 11.0 Å². The molecule has 1 aromatic heterocycles. The number of aromatic nitrogens is 2. The van der Waals surface area contributed by atoms with Gasteiger partial charge >= 0.3 is 0 Å². The Bertz CT molecular complexity index is 471. The van der Waals surface area contributed by atoms with E-state index in [4.69, 9.17) is 0 Å². The molecule has 0 aliphatic heterocycles. The molecule has 1 aromatic carbocycles. The summed E-state index contributed by atoms with van der Waals surface area (Å²) in [4.78, 5) is 4.53. The van der Waals surface area contributed by atoms with E-state index in [1.807, 2.05) is 6.92 Å². The molecule has 0 aliphatic carbocycles. The number of hydrogen-bond donors (Lipinski definition) is 0. The number of hydrogen-bond acceptors (Lipinski definition) is 1. The molecule has 2 nitrogen and oxygen atoms in total. The van der Waals surface area contributed by atoms with Crippen LogP contribution in [0.2, 0.25) is 0 Å². The summed E-state index contributed by atoms with van der Waals surface area (Å²) >= 11 is 3.45. The van der Waals surface area contributed by atoms with E-state index in [2.05, 4.69) is 57.5 Å². The summed E-state index contributed by atoms with van der Waals surface area (Å²) in [6.07, 6.45) is 0. The molecule has 0 bridgehead atoms. The maximum atomic E-state index is 4.53. The molecule has 14 heavy (non-hydrogen) atoms. The topological polar surface area (TPSA) is 17.8 Å². The van der Waals surface area contributed by atoms with Crippen LogP contribution < -0.4 is 0 Å². The average Bonchev–Trinajstić information content (AvgIpc) is 2.39. The van der Waals surface area contributed by atoms with Gasteiger partial charge in [-0.15, -0.1) is 0 Å². The summed E-state index contributed by atoms with van der Waals surface area (Å²) < 4.78 is 3.33. The molecule has 0 unspecified atom stereocenters. The van der Waals surface area contributed by atoms with E-state index >= 15 is 0 Å². The Labute approximate surface area is 92.1 Å². The molecule has 2 aromatic rings. The van der Waals surface area contributed by atoms with Crippen LogP contribution in [0, 0.1) is 6.92 Å². The van der Waals surface area contributed by atoms with E-state index in [9.17, 15) is 0 Å². The maximum absolute atomic E-state index is 4.53. The molecule has 0 saturated carbocycles. The fraction of sp³-hybridized carbons (Fsp3) is 0.364. The number of aryl methyl sites for hydroxylation is 1. The third-order valence-corrected chi connectivity index (χ3v) is 2.84. The van der Waals surface area contributed by atoms with E-state index in [0.717, 1.165) is 15.8 Å². The molecule has 0 radical (unpaired) electrons. The van der Waals surface area contributed by atoms with E-state index in [0.29, 0.717) is 6.04 Å². The summed E-state index contributed by atoms with van der Waals surface area (Å²) in [5, 5.41) is 0. The zero-order valence-corrected chi connectivity index (χ0v) is 10.2. The Morgan fingerprint density at radius 3 is 2.71 bits per heavy atom. The Morgan fingerprint density at radius 2 is 2.07 bits per heavy atom. The average molecular weight is 253 g/mol. The minimum Gasteiger partial charge on any atom is -0.326 e. The summed E-state index contributed by atoms with van der Waals surface area (Å²) in [6.45, 7) is 6.40. The third-order valence-electron chi connectivity index (χ3n) is 2.34. The standard InChI is InChI=1S/C11H13BrN2/c1-7(2)14-8(3)13-10-6-9(12)4-5-11(10)14/h4-7H,1-3H3. The summed E-state index contributed by atoms with van der Waals surface area (Å²) in [7, 11) is 0. The van der Waals surface area contributed by atoms with Crippen LogP contribution in [0.3, 0.4) is 0 Å². The van der Waals surface area contributed by atoms with Crippen molar-refractivity contribution in [3.05, 3.63) is 28.5 Å². The van der Waals surface area contributed by atoms with Crippen molar-refractivity contribution < 1.29 is 0 Å². The quantitative estimate of drug-likeness (QED) is 0.757. The minimum atomic E-state index is 0.459. The van der Waals surface area contributed by atoms with E-state index < -0.39 is 0 Å². The van der Waals surface area contributed by atoms with E-state index in [-0.39, 0.29) is 0 Å². The van der Waals surface area contributed by atoms with Gasteiger partial charge in [0.15, 0.2) is 0 Å². The fourth-order valence-electron chi connectivity index (χ4n) is 1.84. The number of benzene rings is 1. The molecule has 1 heterocycles. The molecule has 2 rings (SSSR count). The van der Waals surface area contributed by atoms with Gasteiger partial charge in [-0.1, -0.05) is 15.9 Å². The maximum Gasteiger partial charge on any atom is 0.106 e. The van der Waals surface area contributed by atoms with Gasteiger partial charge in [0.1, 0.15) is 5.82 Å². The van der Waals surface area contributed by atoms with Gasteiger partial charge in [-0.3, -0.25) is 0 Å². The largest absolute Gasteiger partial charge is 0.326 e. The Balaban J connectivity index is 2.77. The Hall–Kier alpha value is -0.830. The molecule has 0 atom stereocenters. The van der Waals surface area contributed by atoms with Gasteiger partial charge in [-0.2, -0.15) is 0 Å². The first-order chi connectivity index (χ1) is 6.59. The summed E-state index contributed by atoms with van der Waals surface area (Å²) in [5.74, 6) is 1.08. The smallest absolute Gasteiger partial charge is 0.106 e. The first kappa shape index (κ1) is 9.71. The summed E-state index contributed by atoms with van der Waals surface area (Å²) in [6, 6.07) is 6.68. The third kappa shape index (κ3) is 1.46. The first-order valence-corrected chi connectivity index (χ1v) is 5.53. The highest BCUT2D eigenvalue weighted by molar-refractivity contribution is 9.10. The van der Waals surface area contributed by atoms with Crippen LogP contribution in [-0.2, 0) is 0 Å². The highest BCUT2D eigenvalue weighted by Gasteiger charge is 2.09. The van der Waals surface area contributed by atoms with Crippen LogP contribution in [0.5, 0.6) is 0 Å². The highest BCUT2D eigenvalue weighted by Crippen LogP contribution is 2.23. The number of halogens is 1. The van der Waals surface area contributed by atoms with E-state index in [1.165, 1.54) is 5.52 Å². The van der Waals surface area contributed by atoms with Crippen LogP contribution in [0.4, 0.5) is 0 Å². The molecule has 0 saturated heterocycles. The lowest BCUT2D eigenvalue weighted by molar-refractivity contribution is 0.600. The molecule has 0 aliphatic rings. The van der Waals surface area contributed by atoms with Gasteiger partial charge in [0, 0.05) is 10.5 Å². The van der Waals surface area contributed by atoms with Crippen molar-refractivity contribution in [3.8, 4) is 0 Å². The monoisotopic (exact) mass is 252 g/mol. The van der Waals surface area contributed by atoms with Crippen molar-refractivity contribution >= 4 is 27.0 Å². The van der Waals surface area contributed by atoms with Crippen molar-refractivity contribution in [2.75, 3.05) is 0 Å². The number of imidazole rings is 1. The highest BCUT2D eigenvalue weighted by atomic mass is 79.9.